The van der Waals surface area contributed by atoms with E-state index in [1.807, 2.05) is 0 Å². The van der Waals surface area contributed by atoms with E-state index in [0.717, 1.165) is 0 Å². The number of nitrogen functional groups attached to an aromatic ring is 1. The summed E-state index contributed by atoms with van der Waals surface area (Å²) in [4.78, 5) is 11.8. The van der Waals surface area contributed by atoms with Crippen LogP contribution in [0.25, 0.3) is 11.2 Å². The van der Waals surface area contributed by atoms with Gasteiger partial charge < -0.3 is 15.6 Å². The van der Waals surface area contributed by atoms with E-state index in [4.69, 9.17) is 27.2 Å². The number of hydrogen-bond acceptors (Lipinski definition) is 6. The summed E-state index contributed by atoms with van der Waals surface area (Å²) >= 11 is 5.73. The molecule has 3 heterocycles. The van der Waals surface area contributed by atoms with Crippen molar-refractivity contribution in [2.24, 2.45) is 0 Å². The molecule has 7 nitrogen and oxygen atoms in total. The molecule has 3 atom stereocenters. The molecule has 2 aromatic rings. The van der Waals surface area contributed by atoms with Gasteiger partial charge in [-0.05, 0) is 11.6 Å². The molecule has 1 fully saturated rings. The molecule has 0 spiro atoms. The monoisotopic (exact) mass is 287 g/mol. The maximum atomic E-state index is 13.9. The average Bonchev–Trinajstić information content (AvgIpc) is 2.92. The van der Waals surface area contributed by atoms with Crippen LogP contribution in [0.3, 0.4) is 0 Å². The van der Waals surface area contributed by atoms with E-state index in [2.05, 4.69) is 15.0 Å². The van der Waals surface area contributed by atoms with Gasteiger partial charge in [-0.2, -0.15) is 9.97 Å². The van der Waals surface area contributed by atoms with Crippen molar-refractivity contribution in [3.63, 3.8) is 0 Å². The standard InChI is InChI=1S/C10H11ClFN5O2/c11-10-15-7(13)6-8(16-10)17(3-14-6)9-5(12)1-4(2-18)19-9/h3-5,9,18H,1-2H2,(H2,13,15,16). The van der Waals surface area contributed by atoms with E-state index in [1.54, 1.807) is 0 Å². The highest BCUT2D eigenvalue weighted by Gasteiger charge is 2.37. The number of aliphatic hydroxyl groups is 1. The number of nitrogens with zero attached hydrogens (tertiary/aromatic N) is 4. The van der Waals surface area contributed by atoms with Crippen LogP contribution in [0.2, 0.25) is 5.28 Å². The van der Waals surface area contributed by atoms with E-state index < -0.39 is 18.5 Å². The Morgan fingerprint density at radius 1 is 1.58 bits per heavy atom. The van der Waals surface area contributed by atoms with Crippen molar-refractivity contribution in [3.8, 4) is 0 Å². The van der Waals surface area contributed by atoms with Crippen molar-refractivity contribution in [2.45, 2.75) is 24.9 Å². The topological polar surface area (TPSA) is 99.1 Å². The Morgan fingerprint density at radius 2 is 2.37 bits per heavy atom. The maximum absolute atomic E-state index is 13.9. The van der Waals surface area contributed by atoms with Gasteiger partial charge in [-0.25, -0.2) is 9.37 Å². The SMILES string of the molecule is Nc1nc(Cl)nc2c1ncn2C1OC(CO)CC1F. The first-order chi connectivity index (χ1) is 9.10. The van der Waals surface area contributed by atoms with Gasteiger partial charge >= 0.3 is 0 Å². The summed E-state index contributed by atoms with van der Waals surface area (Å²) in [5, 5.41) is 8.97. The number of imidazole rings is 1. The van der Waals surface area contributed by atoms with Gasteiger partial charge in [0.1, 0.15) is 11.7 Å². The van der Waals surface area contributed by atoms with Crippen LogP contribution in [-0.2, 0) is 4.74 Å². The van der Waals surface area contributed by atoms with E-state index in [1.165, 1.54) is 10.9 Å². The first-order valence-corrected chi connectivity index (χ1v) is 6.04. The highest BCUT2D eigenvalue weighted by atomic mass is 35.5. The summed E-state index contributed by atoms with van der Waals surface area (Å²) in [6, 6.07) is 0. The highest BCUT2D eigenvalue weighted by Crippen LogP contribution is 2.33. The van der Waals surface area contributed by atoms with Crippen LogP contribution in [0.5, 0.6) is 0 Å². The van der Waals surface area contributed by atoms with Crippen LogP contribution >= 0.6 is 11.6 Å². The first kappa shape index (κ1) is 12.5. The zero-order valence-corrected chi connectivity index (χ0v) is 10.5. The fourth-order valence-corrected chi connectivity index (χ4v) is 2.33. The summed E-state index contributed by atoms with van der Waals surface area (Å²) in [6.45, 7) is -0.235. The zero-order chi connectivity index (χ0) is 13.6. The number of anilines is 1. The number of halogens is 2. The minimum atomic E-state index is -1.26. The average molecular weight is 288 g/mol. The Labute approximate surface area is 112 Å². The number of fused-ring (bicyclic) bond motifs is 1. The van der Waals surface area contributed by atoms with Gasteiger partial charge in [-0.3, -0.25) is 4.57 Å². The molecule has 9 heteroatoms. The second-order valence-electron chi connectivity index (χ2n) is 4.28. The summed E-state index contributed by atoms with van der Waals surface area (Å²) < 4.78 is 20.8. The van der Waals surface area contributed by atoms with E-state index in [0.29, 0.717) is 11.2 Å². The first-order valence-electron chi connectivity index (χ1n) is 5.66. The summed E-state index contributed by atoms with van der Waals surface area (Å²) in [5.74, 6) is 0.126. The van der Waals surface area contributed by atoms with Gasteiger partial charge in [0.05, 0.1) is 19.0 Å². The number of ether oxygens (including phenoxy) is 1. The molecule has 3 unspecified atom stereocenters. The fraction of sp³-hybridized carbons (Fsp3) is 0.500. The Kier molecular flexibility index (Phi) is 3.00. The second-order valence-corrected chi connectivity index (χ2v) is 4.62. The van der Waals surface area contributed by atoms with Gasteiger partial charge in [0.15, 0.2) is 17.7 Å². The highest BCUT2D eigenvalue weighted by molar-refractivity contribution is 6.28. The molecule has 1 aliphatic rings. The molecule has 0 amide bonds. The lowest BCUT2D eigenvalue weighted by Crippen LogP contribution is -2.17. The van der Waals surface area contributed by atoms with Gasteiger partial charge in [0, 0.05) is 6.42 Å². The molecule has 19 heavy (non-hydrogen) atoms. The third kappa shape index (κ3) is 2.01. The summed E-state index contributed by atoms with van der Waals surface area (Å²) in [7, 11) is 0. The molecule has 0 radical (unpaired) electrons. The van der Waals surface area contributed by atoms with Crippen molar-refractivity contribution in [1.29, 1.82) is 0 Å². The minimum absolute atomic E-state index is 0.0427. The molecular formula is C10H11ClFN5O2. The van der Waals surface area contributed by atoms with Gasteiger partial charge in [-0.1, -0.05) is 0 Å². The van der Waals surface area contributed by atoms with Crippen molar-refractivity contribution < 1.29 is 14.2 Å². The third-order valence-electron chi connectivity index (χ3n) is 3.03. The maximum Gasteiger partial charge on any atom is 0.226 e. The molecular weight excluding hydrogens is 277 g/mol. The smallest absolute Gasteiger partial charge is 0.226 e. The minimum Gasteiger partial charge on any atom is -0.394 e. The molecule has 0 bridgehead atoms. The summed E-state index contributed by atoms with van der Waals surface area (Å²) in [6.07, 6.45) is -1.19. The summed E-state index contributed by atoms with van der Waals surface area (Å²) in [5.41, 5.74) is 6.32. The van der Waals surface area contributed by atoms with Gasteiger partial charge in [-0.15, -0.1) is 0 Å². The third-order valence-corrected chi connectivity index (χ3v) is 3.20. The van der Waals surface area contributed by atoms with E-state index in [9.17, 15) is 4.39 Å². The van der Waals surface area contributed by atoms with Crippen molar-refractivity contribution in [1.82, 2.24) is 19.5 Å². The lowest BCUT2D eigenvalue weighted by atomic mass is 10.2. The number of hydrogen-bond donors (Lipinski definition) is 2. The van der Waals surface area contributed by atoms with Crippen LogP contribution in [0.1, 0.15) is 12.6 Å². The normalized spacial score (nSPS) is 27.2. The second kappa shape index (κ2) is 4.55. The van der Waals surface area contributed by atoms with Crippen LogP contribution in [-0.4, -0.2) is 43.5 Å². The van der Waals surface area contributed by atoms with Crippen LogP contribution < -0.4 is 5.73 Å². The Bertz CT molecular complexity index is 621. The number of nitrogens with two attached hydrogens (primary N) is 1. The predicted octanol–water partition coefficient (Wildman–Crippen LogP) is 0.680. The van der Waals surface area contributed by atoms with Crippen molar-refractivity contribution >= 4 is 28.6 Å². The number of alkyl halides is 1. The molecule has 0 aromatic carbocycles. The van der Waals surface area contributed by atoms with Crippen LogP contribution in [0, 0.1) is 0 Å². The number of rotatable bonds is 2. The molecule has 1 saturated heterocycles. The van der Waals surface area contributed by atoms with Gasteiger partial charge in [0.25, 0.3) is 0 Å². The van der Waals surface area contributed by atoms with E-state index in [-0.39, 0.29) is 24.1 Å². The molecule has 3 N–H and O–H groups in total. The van der Waals surface area contributed by atoms with Gasteiger partial charge in [0.2, 0.25) is 5.28 Å². The molecule has 2 aromatic heterocycles. The lowest BCUT2D eigenvalue weighted by molar-refractivity contribution is -0.0351. The molecule has 0 aliphatic carbocycles. The van der Waals surface area contributed by atoms with E-state index >= 15 is 0 Å². The molecule has 3 rings (SSSR count). The zero-order valence-electron chi connectivity index (χ0n) is 9.70. The molecule has 0 saturated carbocycles. The largest absolute Gasteiger partial charge is 0.394 e. The Morgan fingerprint density at radius 3 is 3.05 bits per heavy atom. The van der Waals surface area contributed by atoms with Crippen LogP contribution in [0.4, 0.5) is 10.2 Å². The van der Waals surface area contributed by atoms with Crippen molar-refractivity contribution in [2.75, 3.05) is 12.3 Å². The lowest BCUT2D eigenvalue weighted by Gasteiger charge is -2.15. The number of aliphatic hydroxyl groups excluding tert-OH is 1. The predicted molar refractivity (Wildman–Crippen MR) is 65.3 cm³/mol. The molecule has 102 valence electrons. The van der Waals surface area contributed by atoms with Crippen LogP contribution in [0.15, 0.2) is 6.33 Å². The van der Waals surface area contributed by atoms with Crippen molar-refractivity contribution in [3.05, 3.63) is 11.6 Å². The quantitative estimate of drug-likeness (QED) is 0.788. The number of aromatic nitrogens is 4. The fourth-order valence-electron chi connectivity index (χ4n) is 2.16. The Balaban J connectivity index is 2.06. The molecule has 1 aliphatic heterocycles. The Hall–Kier alpha value is -1.51.